The number of benzene rings is 22. The lowest BCUT2D eigenvalue weighted by atomic mass is 9.75. The molecule has 28 rings (SSSR count). The molecule has 0 N–H and O–H groups in total. The molecule has 0 bridgehead atoms. The third-order valence-corrected chi connectivity index (χ3v) is 30.8. The zero-order valence-electron chi connectivity index (χ0n) is 70.8. The number of hydrogen-bond donors (Lipinski definition) is 0. The summed E-state index contributed by atoms with van der Waals surface area (Å²) in [5, 5.41) is 31.9. The predicted molar refractivity (Wildman–Crippen MR) is 559 cm³/mol. The summed E-state index contributed by atoms with van der Waals surface area (Å²) in [4.78, 5) is 0. The summed E-state index contributed by atoms with van der Waals surface area (Å²) in [6.45, 7) is 8.45. The molecule has 0 amide bonds. The summed E-state index contributed by atoms with van der Waals surface area (Å²) in [6, 6.07) is 140. The van der Waals surface area contributed by atoms with Crippen molar-refractivity contribution in [1.29, 1.82) is 0 Å². The lowest BCUT2D eigenvalue weighted by molar-refractivity contribution is 0.00578. The van der Waals surface area contributed by atoms with E-state index in [4.69, 9.17) is 32.5 Å². The molecule has 0 unspecified atom stereocenters. The highest BCUT2D eigenvalue weighted by atomic mass is 79.9. The average molecular weight is 1810 g/mol. The molecular formula is C122H75BBr2Cl2O2. The Bertz CT molecular complexity index is 8890. The van der Waals surface area contributed by atoms with E-state index in [2.05, 4.69) is 393 Å². The normalized spacial score (nSPS) is 13.6. The van der Waals surface area contributed by atoms with Crippen LogP contribution in [0.1, 0.15) is 27.7 Å². The van der Waals surface area contributed by atoms with Crippen LogP contribution in [0.3, 0.4) is 0 Å². The van der Waals surface area contributed by atoms with Crippen molar-refractivity contribution in [3.05, 3.63) is 401 Å². The maximum Gasteiger partial charge on any atom is 0.494 e. The SMILES string of the molecule is Brc1cccc2cccc(Br)c12.CC1(C)OB(c2ccc3c(-c4ccccc4Cl)c4c(c(-c5ccccc5)c3c2)-c2cccc3c(-c5ccc6c7c(cccc57)-c5ccccc5-6)ccc-4c23)OC1(C)C.Clc1ccccc1-c1c2cc3c(cc2c(-c2ccccc2)c2c4cccc5c(-c6ccc7c8c(cccc68)-c6ccccc6-7)ccc(c12)c54)c1cccc2cccc3c21. The van der Waals surface area contributed by atoms with Crippen molar-refractivity contribution in [3.63, 3.8) is 0 Å². The molecule has 1 fully saturated rings. The average Bonchev–Trinajstić information content (AvgIpc) is 1.54. The number of rotatable bonds is 7. The number of hydrogen-bond acceptors (Lipinski definition) is 2. The van der Waals surface area contributed by atoms with Gasteiger partial charge in [0.15, 0.2) is 0 Å². The Morgan fingerprint density at radius 2 is 0.535 bits per heavy atom. The molecule has 3 aliphatic carbocycles. The van der Waals surface area contributed by atoms with Gasteiger partial charge in [-0.15, -0.1) is 0 Å². The van der Waals surface area contributed by atoms with Crippen LogP contribution < -0.4 is 5.46 Å². The highest BCUT2D eigenvalue weighted by Crippen LogP contribution is 2.62. The first-order valence-corrected chi connectivity index (χ1v) is 46.6. The second-order valence-corrected chi connectivity index (χ2v) is 38.5. The van der Waals surface area contributed by atoms with Crippen LogP contribution in [-0.4, -0.2) is 18.3 Å². The Balaban J connectivity index is 0.000000120. The summed E-state index contributed by atoms with van der Waals surface area (Å²) in [6.07, 6.45) is 0. The van der Waals surface area contributed by atoms with Crippen LogP contribution in [-0.2, 0) is 9.31 Å². The van der Waals surface area contributed by atoms with Gasteiger partial charge in [-0.05, 0) is 316 Å². The standard InChI is InChI=1S/C58H31Cl.C54H38BClO2.C10H6Br2/c59-51-25-7-6-18-44(51)56-50-31-48-42-20-9-15-32-14-8-19-41(52(32)42)47(48)30-49(50)53(33-12-2-1-3-13-33)57-45-24-11-23-40-37(27-29-46(55(40)45)58(56)57)36-26-28-43-35-17-5-4-16-34(35)38-21-10-22-39(36)54(38)43;1-53(2)54(3,4)58-55(57-53)32-24-25-41-45(30-32)47(31-14-6-5-7-15-31)51-43-22-13-21-39-36(27-29-44(49(39)43)52(51)50(41)42-18-10-11-23-46(42)56)35-26-28-40-34-17-9-8-16-33(34)37-19-12-20-38(35)48(37)40;11-8-5-1-3-7-4-2-6-9(12)10(7)8/h1-31H;5-30H,1-4H3;1-6H. The van der Waals surface area contributed by atoms with Gasteiger partial charge in [0, 0.05) is 35.5 Å². The second-order valence-electron chi connectivity index (χ2n) is 36.0. The first-order chi connectivity index (χ1) is 63.2. The van der Waals surface area contributed by atoms with Gasteiger partial charge < -0.3 is 9.31 Å². The zero-order chi connectivity index (χ0) is 86.1. The van der Waals surface area contributed by atoms with Gasteiger partial charge in [0.1, 0.15) is 0 Å². The van der Waals surface area contributed by atoms with E-state index in [1.807, 2.05) is 48.5 Å². The molecule has 0 radical (unpaired) electrons. The summed E-state index contributed by atoms with van der Waals surface area (Å²) in [5.41, 5.74) is 29.8. The zero-order valence-corrected chi connectivity index (χ0v) is 75.5. The maximum absolute atomic E-state index is 7.31. The molecule has 0 atom stereocenters. The largest absolute Gasteiger partial charge is 0.494 e. The van der Waals surface area contributed by atoms with Crippen LogP contribution in [0.15, 0.2) is 391 Å². The molecule has 0 saturated carbocycles. The van der Waals surface area contributed by atoms with Gasteiger partial charge in [-0.25, -0.2) is 0 Å². The fraction of sp³-hybridized carbons (Fsp3) is 0.0492. The third kappa shape index (κ3) is 11.3. The second kappa shape index (κ2) is 29.0. The lowest BCUT2D eigenvalue weighted by Crippen LogP contribution is -2.41. The molecule has 24 aromatic carbocycles. The molecule has 1 heterocycles. The molecule has 606 valence electrons. The molecule has 0 aromatic heterocycles. The molecule has 129 heavy (non-hydrogen) atoms. The van der Waals surface area contributed by atoms with Crippen molar-refractivity contribution in [1.82, 2.24) is 0 Å². The van der Waals surface area contributed by atoms with E-state index in [1.54, 1.807) is 0 Å². The Hall–Kier alpha value is -13.6. The van der Waals surface area contributed by atoms with E-state index < -0.39 is 18.3 Å². The summed E-state index contributed by atoms with van der Waals surface area (Å²) < 4.78 is 15.6. The Morgan fingerprint density at radius 1 is 0.202 bits per heavy atom. The quantitative estimate of drug-likeness (QED) is 0.148. The van der Waals surface area contributed by atoms with E-state index in [0.29, 0.717) is 0 Å². The van der Waals surface area contributed by atoms with Gasteiger partial charge in [-0.3, -0.25) is 0 Å². The number of fused-ring (bicyclic) bond motifs is 18. The minimum Gasteiger partial charge on any atom is -0.399 e. The summed E-state index contributed by atoms with van der Waals surface area (Å²) in [5.74, 6) is 0. The van der Waals surface area contributed by atoms with Crippen LogP contribution in [0, 0.1) is 0 Å². The smallest absolute Gasteiger partial charge is 0.399 e. The molecule has 0 spiro atoms. The Kier molecular flexibility index (Phi) is 17.2. The Labute approximate surface area is 773 Å². The first-order valence-electron chi connectivity index (χ1n) is 44.3. The predicted octanol–water partition coefficient (Wildman–Crippen LogP) is 35.8. The van der Waals surface area contributed by atoms with E-state index in [9.17, 15) is 0 Å². The van der Waals surface area contributed by atoms with E-state index in [-0.39, 0.29) is 0 Å². The van der Waals surface area contributed by atoms with Gasteiger partial charge in [-0.1, -0.05) is 401 Å². The number of halogens is 4. The molecule has 1 saturated heterocycles. The van der Waals surface area contributed by atoms with Gasteiger partial charge in [0.05, 0.1) is 11.2 Å². The van der Waals surface area contributed by atoms with E-state index in [1.165, 1.54) is 230 Å². The van der Waals surface area contributed by atoms with Crippen LogP contribution >= 0.6 is 55.1 Å². The topological polar surface area (TPSA) is 18.5 Å². The molecule has 4 aliphatic rings. The summed E-state index contributed by atoms with van der Waals surface area (Å²) in [7, 11) is -0.496. The molecule has 24 aromatic rings. The van der Waals surface area contributed by atoms with Crippen molar-refractivity contribution in [2.75, 3.05) is 0 Å². The van der Waals surface area contributed by atoms with Crippen molar-refractivity contribution in [3.8, 4) is 134 Å². The third-order valence-electron chi connectivity index (χ3n) is 28.8. The van der Waals surface area contributed by atoms with E-state index in [0.717, 1.165) is 57.5 Å². The van der Waals surface area contributed by atoms with Crippen molar-refractivity contribution in [2.24, 2.45) is 0 Å². The van der Waals surface area contributed by atoms with Crippen molar-refractivity contribution >= 4 is 197 Å². The molecule has 7 heteroatoms. The monoisotopic (exact) mass is 1810 g/mol. The highest BCUT2D eigenvalue weighted by Gasteiger charge is 2.52. The fourth-order valence-electron chi connectivity index (χ4n) is 22.6. The van der Waals surface area contributed by atoms with Crippen molar-refractivity contribution < 1.29 is 9.31 Å². The Morgan fingerprint density at radius 3 is 1.05 bits per heavy atom. The molecule has 1 aliphatic heterocycles. The van der Waals surface area contributed by atoms with Gasteiger partial charge >= 0.3 is 7.12 Å². The van der Waals surface area contributed by atoms with Gasteiger partial charge in [0.2, 0.25) is 0 Å². The fourth-order valence-corrected chi connectivity index (χ4v) is 24.5. The van der Waals surface area contributed by atoms with Gasteiger partial charge in [0.25, 0.3) is 0 Å². The minimum absolute atomic E-state index is 0.459. The van der Waals surface area contributed by atoms with Crippen LogP contribution in [0.4, 0.5) is 0 Å². The first kappa shape index (κ1) is 76.7. The van der Waals surface area contributed by atoms with Crippen LogP contribution in [0.25, 0.3) is 263 Å². The van der Waals surface area contributed by atoms with Gasteiger partial charge in [-0.2, -0.15) is 0 Å². The molecule has 2 nitrogen and oxygen atoms in total. The van der Waals surface area contributed by atoms with E-state index >= 15 is 0 Å². The summed E-state index contributed by atoms with van der Waals surface area (Å²) >= 11 is 21.6. The minimum atomic E-state index is -0.496. The van der Waals surface area contributed by atoms with Crippen LogP contribution in [0.5, 0.6) is 0 Å². The highest BCUT2D eigenvalue weighted by molar-refractivity contribution is 9.11. The lowest BCUT2D eigenvalue weighted by Gasteiger charge is -2.32. The maximum atomic E-state index is 7.31. The van der Waals surface area contributed by atoms with Crippen LogP contribution in [0.2, 0.25) is 10.0 Å². The van der Waals surface area contributed by atoms with Crippen molar-refractivity contribution in [2.45, 2.75) is 38.9 Å². The molecular weight excluding hydrogens is 1740 g/mol.